The quantitative estimate of drug-likeness (QED) is 0.700. The van der Waals surface area contributed by atoms with Crippen molar-refractivity contribution >= 4 is 5.57 Å². The predicted molar refractivity (Wildman–Crippen MR) is 113 cm³/mol. The van der Waals surface area contributed by atoms with E-state index >= 15 is 0 Å². The van der Waals surface area contributed by atoms with Crippen LogP contribution in [0.25, 0.3) is 28.0 Å². The molecule has 2 aromatic heterocycles. The van der Waals surface area contributed by atoms with Crippen molar-refractivity contribution in [2.45, 2.75) is 25.0 Å². The van der Waals surface area contributed by atoms with E-state index in [0.717, 1.165) is 48.3 Å². The number of hydrogen-bond acceptors (Lipinski definition) is 3. The molecule has 148 valence electrons. The van der Waals surface area contributed by atoms with Gasteiger partial charge in [0.15, 0.2) is 0 Å². The number of nitrogens with one attached hydrogen (secondary N) is 1. The first-order chi connectivity index (χ1) is 14.2. The van der Waals surface area contributed by atoms with E-state index in [9.17, 15) is 4.39 Å². The first-order valence-corrected chi connectivity index (χ1v) is 10.1. The largest absolute Gasteiger partial charge is 0.380 e. The lowest BCUT2D eigenvalue weighted by atomic mass is 9.90. The van der Waals surface area contributed by atoms with Gasteiger partial charge >= 0.3 is 0 Å². The van der Waals surface area contributed by atoms with Crippen LogP contribution >= 0.6 is 0 Å². The van der Waals surface area contributed by atoms with Gasteiger partial charge < -0.3 is 9.72 Å². The van der Waals surface area contributed by atoms with Crippen molar-refractivity contribution in [2.75, 3.05) is 20.2 Å². The van der Waals surface area contributed by atoms with Crippen LogP contribution in [0.4, 0.5) is 4.39 Å². The molecule has 0 amide bonds. The number of H-pyrrole nitrogens is 1. The Morgan fingerprint density at radius 3 is 2.66 bits per heavy atom. The summed E-state index contributed by atoms with van der Waals surface area (Å²) in [6.07, 6.45) is 10.5. The van der Waals surface area contributed by atoms with Gasteiger partial charge in [0, 0.05) is 56.0 Å². The molecule has 1 N–H and O–H groups in total. The molecule has 3 aromatic rings. The molecular weight excluding hydrogens is 365 g/mol. The highest BCUT2D eigenvalue weighted by atomic mass is 19.1. The molecule has 5 heteroatoms. The third-order valence-corrected chi connectivity index (χ3v) is 6.13. The van der Waals surface area contributed by atoms with E-state index in [1.54, 1.807) is 7.11 Å². The minimum absolute atomic E-state index is 0.227. The van der Waals surface area contributed by atoms with Crippen LogP contribution in [0.3, 0.4) is 0 Å². The maximum absolute atomic E-state index is 13.5. The molecule has 0 spiro atoms. The standard InChI is InChI=1S/C24H24FN3O/c1-29-21-13-20-12-18(8-11-28(20)15-21)22-14-27-24(17-2-4-19(25)5-3-17)23(22)16-6-9-26-10-7-16/h2-7,9-10,12,14,20-21,27H,8,11,13,15H2,1H3/t20-,21-/m1/s1. The lowest BCUT2D eigenvalue weighted by molar-refractivity contribution is 0.108. The molecule has 0 aliphatic carbocycles. The summed E-state index contributed by atoms with van der Waals surface area (Å²) in [5.41, 5.74) is 6.83. The summed E-state index contributed by atoms with van der Waals surface area (Å²) in [6.45, 7) is 2.05. The lowest BCUT2D eigenvalue weighted by Gasteiger charge is -2.28. The zero-order valence-electron chi connectivity index (χ0n) is 16.4. The molecule has 5 rings (SSSR count). The molecule has 1 aromatic carbocycles. The number of ether oxygens (including phenoxy) is 1. The maximum atomic E-state index is 13.5. The van der Waals surface area contributed by atoms with Gasteiger partial charge in [-0.1, -0.05) is 6.08 Å². The molecule has 2 aliphatic heterocycles. The van der Waals surface area contributed by atoms with E-state index < -0.39 is 0 Å². The van der Waals surface area contributed by atoms with Crippen LogP contribution in [0.1, 0.15) is 18.4 Å². The zero-order chi connectivity index (χ0) is 19.8. The second-order valence-electron chi connectivity index (χ2n) is 7.79. The van der Waals surface area contributed by atoms with Crippen LogP contribution in [0.15, 0.2) is 61.1 Å². The van der Waals surface area contributed by atoms with Crippen molar-refractivity contribution in [3.63, 3.8) is 0 Å². The molecule has 0 radical (unpaired) electrons. The van der Waals surface area contributed by atoms with Crippen LogP contribution < -0.4 is 0 Å². The molecular formula is C24H24FN3O. The minimum atomic E-state index is -0.227. The van der Waals surface area contributed by atoms with Gasteiger partial charge in [0.1, 0.15) is 5.82 Å². The van der Waals surface area contributed by atoms with Gasteiger partial charge in [0.05, 0.1) is 11.8 Å². The average Bonchev–Trinajstić information content (AvgIpc) is 3.38. The van der Waals surface area contributed by atoms with E-state index in [0.29, 0.717) is 12.1 Å². The van der Waals surface area contributed by atoms with E-state index in [2.05, 4.69) is 27.1 Å². The number of aromatic amines is 1. The monoisotopic (exact) mass is 389 g/mol. The average molecular weight is 389 g/mol. The molecule has 29 heavy (non-hydrogen) atoms. The number of rotatable bonds is 4. The third-order valence-electron chi connectivity index (χ3n) is 6.13. The Balaban J connectivity index is 1.60. The second-order valence-corrected chi connectivity index (χ2v) is 7.79. The van der Waals surface area contributed by atoms with Crippen molar-refractivity contribution < 1.29 is 9.13 Å². The van der Waals surface area contributed by atoms with Crippen molar-refractivity contribution in [3.8, 4) is 22.4 Å². The normalized spacial score (nSPS) is 21.8. The third kappa shape index (κ3) is 3.41. The number of halogens is 1. The maximum Gasteiger partial charge on any atom is 0.123 e. The highest BCUT2D eigenvalue weighted by Crippen LogP contribution is 2.41. The topological polar surface area (TPSA) is 41.1 Å². The molecule has 4 heterocycles. The summed E-state index contributed by atoms with van der Waals surface area (Å²) < 4.78 is 19.1. The fourth-order valence-corrected chi connectivity index (χ4v) is 4.63. The number of aromatic nitrogens is 2. The minimum Gasteiger partial charge on any atom is -0.380 e. The van der Waals surface area contributed by atoms with Gasteiger partial charge in [-0.15, -0.1) is 0 Å². The van der Waals surface area contributed by atoms with E-state index in [1.165, 1.54) is 23.3 Å². The summed E-state index contributed by atoms with van der Waals surface area (Å²) >= 11 is 0. The van der Waals surface area contributed by atoms with Crippen LogP contribution in [0.2, 0.25) is 0 Å². The number of pyridine rings is 1. The molecule has 4 nitrogen and oxygen atoms in total. The van der Waals surface area contributed by atoms with Crippen LogP contribution in [-0.2, 0) is 4.74 Å². The summed E-state index contributed by atoms with van der Waals surface area (Å²) in [5, 5.41) is 0. The van der Waals surface area contributed by atoms with Gasteiger partial charge in [0.2, 0.25) is 0 Å². The second kappa shape index (κ2) is 7.58. The van der Waals surface area contributed by atoms with Crippen molar-refractivity contribution in [2.24, 2.45) is 0 Å². The molecule has 0 bridgehead atoms. The number of nitrogens with zero attached hydrogens (tertiary/aromatic N) is 2. The molecule has 1 fully saturated rings. The van der Waals surface area contributed by atoms with Gasteiger partial charge in [-0.25, -0.2) is 4.39 Å². The van der Waals surface area contributed by atoms with Crippen molar-refractivity contribution in [1.82, 2.24) is 14.9 Å². The Bertz CT molecular complexity index is 1030. The Hall–Kier alpha value is -2.76. The molecule has 0 unspecified atom stereocenters. The Morgan fingerprint density at radius 1 is 1.10 bits per heavy atom. The summed E-state index contributed by atoms with van der Waals surface area (Å²) in [4.78, 5) is 10.2. The Labute approximate surface area is 170 Å². The summed E-state index contributed by atoms with van der Waals surface area (Å²) in [7, 11) is 1.80. The fourth-order valence-electron chi connectivity index (χ4n) is 4.63. The highest BCUT2D eigenvalue weighted by molar-refractivity contribution is 5.91. The van der Waals surface area contributed by atoms with Crippen molar-refractivity contribution in [1.29, 1.82) is 0 Å². The van der Waals surface area contributed by atoms with Gasteiger partial charge in [-0.2, -0.15) is 0 Å². The molecule has 2 aliphatic rings. The first-order valence-electron chi connectivity index (χ1n) is 10.1. The van der Waals surface area contributed by atoms with Crippen LogP contribution in [0, 0.1) is 5.82 Å². The van der Waals surface area contributed by atoms with Gasteiger partial charge in [-0.05, 0) is 65.9 Å². The van der Waals surface area contributed by atoms with E-state index in [-0.39, 0.29) is 5.82 Å². The molecule has 0 saturated carbocycles. The number of benzene rings is 1. The Morgan fingerprint density at radius 2 is 1.90 bits per heavy atom. The van der Waals surface area contributed by atoms with E-state index in [1.807, 2.05) is 36.7 Å². The summed E-state index contributed by atoms with van der Waals surface area (Å²) in [6, 6.07) is 11.2. The van der Waals surface area contributed by atoms with Crippen LogP contribution in [-0.4, -0.2) is 47.2 Å². The SMILES string of the molecule is CO[C@@H]1C[C@H]2C=C(c3c[nH]c(-c4ccc(F)cc4)c3-c3ccncc3)CCN2C1. The van der Waals surface area contributed by atoms with Crippen molar-refractivity contribution in [3.05, 3.63) is 72.4 Å². The molecule has 1 saturated heterocycles. The zero-order valence-corrected chi connectivity index (χ0v) is 16.4. The lowest BCUT2D eigenvalue weighted by Crippen LogP contribution is -2.32. The predicted octanol–water partition coefficient (Wildman–Crippen LogP) is 4.76. The van der Waals surface area contributed by atoms with Crippen LogP contribution in [0.5, 0.6) is 0 Å². The Kier molecular flexibility index (Phi) is 4.78. The van der Waals surface area contributed by atoms with Gasteiger partial charge in [0.25, 0.3) is 0 Å². The number of hydrogen-bond donors (Lipinski definition) is 1. The number of methoxy groups -OCH3 is 1. The number of fused-ring (bicyclic) bond motifs is 1. The first kappa shape index (κ1) is 18.3. The van der Waals surface area contributed by atoms with Gasteiger partial charge in [-0.3, -0.25) is 9.88 Å². The van der Waals surface area contributed by atoms with E-state index in [4.69, 9.17) is 4.74 Å². The fraction of sp³-hybridized carbons (Fsp3) is 0.292. The smallest absolute Gasteiger partial charge is 0.123 e. The molecule has 2 atom stereocenters. The highest BCUT2D eigenvalue weighted by Gasteiger charge is 2.34. The summed E-state index contributed by atoms with van der Waals surface area (Å²) in [5.74, 6) is -0.227.